The van der Waals surface area contributed by atoms with Crippen LogP contribution in [0.1, 0.15) is 24.0 Å². The lowest BCUT2D eigenvalue weighted by Crippen LogP contribution is -2.31. The molecule has 0 aliphatic carbocycles. The highest BCUT2D eigenvalue weighted by Gasteiger charge is 2.13. The van der Waals surface area contributed by atoms with Crippen LogP contribution in [0.2, 0.25) is 0 Å². The summed E-state index contributed by atoms with van der Waals surface area (Å²) in [5.74, 6) is 0. The van der Waals surface area contributed by atoms with Gasteiger partial charge in [-0.05, 0) is 27.3 Å². The highest BCUT2D eigenvalue weighted by Crippen LogP contribution is 2.13. The first-order chi connectivity index (χ1) is 7.15. The monoisotopic (exact) mass is 228 g/mol. The number of thiazole rings is 1. The largest absolute Gasteiger partial charge is 0.382 e. The molecule has 0 spiro atoms. The van der Waals surface area contributed by atoms with Crippen molar-refractivity contribution in [3.05, 3.63) is 16.1 Å². The van der Waals surface area contributed by atoms with Gasteiger partial charge >= 0.3 is 0 Å². The number of ether oxygens (including phenoxy) is 1. The molecule has 4 heteroatoms. The van der Waals surface area contributed by atoms with Crippen LogP contribution in [0, 0.1) is 6.92 Å². The lowest BCUT2D eigenvalue weighted by atomic mass is 10.1. The molecule has 1 rings (SSSR count). The summed E-state index contributed by atoms with van der Waals surface area (Å²) in [4.78, 5) is 4.47. The van der Waals surface area contributed by atoms with Gasteiger partial charge in [-0.1, -0.05) is 0 Å². The molecule has 0 fully saturated rings. The summed E-state index contributed by atoms with van der Waals surface area (Å²) in [6, 6.07) is 0.450. The van der Waals surface area contributed by atoms with Crippen LogP contribution in [-0.4, -0.2) is 31.3 Å². The summed E-state index contributed by atoms with van der Waals surface area (Å²) in [7, 11) is 3.75. The van der Waals surface area contributed by atoms with E-state index in [0.29, 0.717) is 12.1 Å². The Morgan fingerprint density at radius 1 is 1.60 bits per heavy atom. The van der Waals surface area contributed by atoms with Crippen molar-refractivity contribution in [2.24, 2.45) is 0 Å². The van der Waals surface area contributed by atoms with Gasteiger partial charge in [-0.3, -0.25) is 0 Å². The number of aromatic nitrogens is 1. The first-order valence-corrected chi connectivity index (χ1v) is 6.14. The third-order valence-electron chi connectivity index (χ3n) is 2.51. The molecule has 2 atom stereocenters. The van der Waals surface area contributed by atoms with E-state index in [1.54, 1.807) is 18.4 Å². The molecule has 0 aliphatic rings. The fourth-order valence-corrected chi connectivity index (χ4v) is 2.36. The summed E-state index contributed by atoms with van der Waals surface area (Å²) in [5.41, 5.74) is 1.12. The Balaban J connectivity index is 2.46. The predicted octanol–water partition coefficient (Wildman–Crippen LogP) is 2.01. The molecule has 1 heterocycles. The quantitative estimate of drug-likeness (QED) is 0.808. The molecule has 86 valence electrons. The van der Waals surface area contributed by atoms with Crippen LogP contribution in [0.5, 0.6) is 0 Å². The number of methoxy groups -OCH3 is 1. The molecule has 0 aromatic carbocycles. The van der Waals surface area contributed by atoms with Gasteiger partial charge in [0, 0.05) is 30.6 Å². The normalized spacial score (nSPS) is 15.2. The Hall–Kier alpha value is -0.450. The summed E-state index contributed by atoms with van der Waals surface area (Å²) >= 11 is 1.74. The Bertz CT molecular complexity index is 288. The van der Waals surface area contributed by atoms with E-state index in [0.717, 1.165) is 18.5 Å². The zero-order valence-corrected chi connectivity index (χ0v) is 10.7. The average Bonchev–Trinajstić information content (AvgIpc) is 2.62. The van der Waals surface area contributed by atoms with E-state index in [1.165, 1.54) is 5.01 Å². The predicted molar refractivity (Wildman–Crippen MR) is 64.5 cm³/mol. The molecule has 1 aromatic heterocycles. The molecule has 0 aliphatic heterocycles. The maximum absolute atomic E-state index is 5.27. The number of nitrogens with zero attached hydrogens (tertiary/aromatic N) is 1. The smallest absolute Gasteiger partial charge is 0.0943 e. The van der Waals surface area contributed by atoms with E-state index in [1.807, 2.05) is 14.0 Å². The second-order valence-electron chi connectivity index (χ2n) is 3.85. The van der Waals surface area contributed by atoms with Crippen LogP contribution in [0.25, 0.3) is 0 Å². The number of hydrogen-bond donors (Lipinski definition) is 1. The van der Waals surface area contributed by atoms with Gasteiger partial charge in [0.15, 0.2) is 0 Å². The minimum Gasteiger partial charge on any atom is -0.382 e. The molecule has 0 saturated carbocycles. The van der Waals surface area contributed by atoms with Crippen molar-refractivity contribution in [3.63, 3.8) is 0 Å². The summed E-state index contributed by atoms with van der Waals surface area (Å²) < 4.78 is 5.27. The minimum absolute atomic E-state index is 0.295. The number of likely N-dealkylation sites (N-methyl/N-ethyl adjacent to an activating group) is 1. The fraction of sp³-hybridized carbons (Fsp3) is 0.727. The Morgan fingerprint density at radius 2 is 2.33 bits per heavy atom. The van der Waals surface area contributed by atoms with Gasteiger partial charge < -0.3 is 10.1 Å². The molecule has 0 saturated heterocycles. The number of aryl methyl sites for hydroxylation is 1. The molecular weight excluding hydrogens is 208 g/mol. The van der Waals surface area contributed by atoms with Crippen molar-refractivity contribution < 1.29 is 4.74 Å². The molecule has 2 unspecified atom stereocenters. The van der Waals surface area contributed by atoms with Crippen LogP contribution in [0.15, 0.2) is 5.38 Å². The van der Waals surface area contributed by atoms with Crippen LogP contribution in [-0.2, 0) is 11.2 Å². The summed E-state index contributed by atoms with van der Waals surface area (Å²) in [5, 5.41) is 6.61. The Labute approximate surface area is 95.9 Å². The van der Waals surface area contributed by atoms with E-state index in [2.05, 4.69) is 22.6 Å². The second-order valence-corrected chi connectivity index (χ2v) is 4.80. The van der Waals surface area contributed by atoms with Crippen molar-refractivity contribution >= 4 is 11.3 Å². The summed E-state index contributed by atoms with van der Waals surface area (Å²) in [6.45, 7) is 4.13. The molecule has 0 bridgehead atoms. The molecule has 0 radical (unpaired) electrons. The van der Waals surface area contributed by atoms with Crippen LogP contribution < -0.4 is 5.32 Å². The molecular formula is C11H20N2OS. The zero-order valence-electron chi connectivity index (χ0n) is 9.91. The van der Waals surface area contributed by atoms with Gasteiger partial charge in [0.05, 0.1) is 11.1 Å². The van der Waals surface area contributed by atoms with E-state index in [4.69, 9.17) is 4.74 Å². The maximum Gasteiger partial charge on any atom is 0.0943 e. The Morgan fingerprint density at radius 3 is 2.80 bits per heavy atom. The average molecular weight is 228 g/mol. The highest BCUT2D eigenvalue weighted by molar-refractivity contribution is 7.09. The molecule has 1 aromatic rings. The van der Waals surface area contributed by atoms with Crippen LogP contribution in [0.4, 0.5) is 0 Å². The topological polar surface area (TPSA) is 34.2 Å². The zero-order chi connectivity index (χ0) is 11.3. The lowest BCUT2D eigenvalue weighted by molar-refractivity contribution is 0.101. The van der Waals surface area contributed by atoms with Gasteiger partial charge in [-0.2, -0.15) is 0 Å². The van der Waals surface area contributed by atoms with Crippen LogP contribution in [0.3, 0.4) is 0 Å². The third kappa shape index (κ3) is 4.28. The lowest BCUT2D eigenvalue weighted by Gasteiger charge is -2.18. The van der Waals surface area contributed by atoms with Gasteiger partial charge in [-0.15, -0.1) is 11.3 Å². The third-order valence-corrected chi connectivity index (χ3v) is 3.50. The number of nitrogens with one attached hydrogen (secondary N) is 1. The standard InChI is InChI=1S/C11H20N2OS/c1-8-7-15-11(13-8)6-10(12-3)5-9(2)14-4/h7,9-10,12H,5-6H2,1-4H3. The highest BCUT2D eigenvalue weighted by atomic mass is 32.1. The molecule has 3 nitrogen and oxygen atoms in total. The van der Waals surface area contributed by atoms with Gasteiger partial charge in [0.2, 0.25) is 0 Å². The number of rotatable bonds is 6. The second kappa shape index (κ2) is 6.20. The van der Waals surface area contributed by atoms with Crippen molar-refractivity contribution in [2.45, 2.75) is 38.8 Å². The van der Waals surface area contributed by atoms with E-state index in [-0.39, 0.29) is 0 Å². The van der Waals surface area contributed by atoms with Gasteiger partial charge in [0.1, 0.15) is 0 Å². The van der Waals surface area contributed by atoms with E-state index >= 15 is 0 Å². The van der Waals surface area contributed by atoms with Crippen molar-refractivity contribution in [2.75, 3.05) is 14.2 Å². The molecule has 15 heavy (non-hydrogen) atoms. The minimum atomic E-state index is 0.295. The number of hydrogen-bond acceptors (Lipinski definition) is 4. The first kappa shape index (κ1) is 12.6. The van der Waals surface area contributed by atoms with Crippen molar-refractivity contribution in [1.29, 1.82) is 0 Å². The van der Waals surface area contributed by atoms with E-state index in [9.17, 15) is 0 Å². The molecule has 0 amide bonds. The van der Waals surface area contributed by atoms with Gasteiger partial charge in [-0.25, -0.2) is 4.98 Å². The van der Waals surface area contributed by atoms with E-state index < -0.39 is 0 Å². The SMILES string of the molecule is CNC(Cc1nc(C)cs1)CC(C)OC. The summed E-state index contributed by atoms with van der Waals surface area (Å²) in [6.07, 6.45) is 2.30. The first-order valence-electron chi connectivity index (χ1n) is 5.26. The van der Waals surface area contributed by atoms with Crippen LogP contribution >= 0.6 is 11.3 Å². The van der Waals surface area contributed by atoms with Crippen molar-refractivity contribution in [3.8, 4) is 0 Å². The van der Waals surface area contributed by atoms with Gasteiger partial charge in [0.25, 0.3) is 0 Å². The maximum atomic E-state index is 5.27. The fourth-order valence-electron chi connectivity index (χ4n) is 1.51. The Kier molecular flexibility index (Phi) is 5.22. The van der Waals surface area contributed by atoms with Crippen molar-refractivity contribution in [1.82, 2.24) is 10.3 Å². The molecule has 1 N–H and O–H groups in total.